The summed E-state index contributed by atoms with van der Waals surface area (Å²) in [4.78, 5) is 12.6. The molecule has 0 aliphatic carbocycles. The summed E-state index contributed by atoms with van der Waals surface area (Å²) in [6.45, 7) is 0.915. The summed E-state index contributed by atoms with van der Waals surface area (Å²) in [6.07, 6.45) is 0. The first-order valence-corrected chi connectivity index (χ1v) is 10.4. The van der Waals surface area contributed by atoms with Crippen LogP contribution in [0.5, 0.6) is 11.5 Å². The average molecular weight is 410 g/mol. The number of carbonyl (C=O) groups excluding carboxylic acids is 1. The van der Waals surface area contributed by atoms with Gasteiger partial charge in [-0.2, -0.15) is 0 Å². The van der Waals surface area contributed by atoms with Crippen molar-refractivity contribution in [3.05, 3.63) is 78.4 Å². The van der Waals surface area contributed by atoms with E-state index in [1.807, 2.05) is 0 Å². The molecule has 148 valence electrons. The van der Waals surface area contributed by atoms with Crippen LogP contribution in [0.25, 0.3) is 0 Å². The van der Waals surface area contributed by atoms with Crippen molar-refractivity contribution in [2.24, 2.45) is 0 Å². The molecule has 2 N–H and O–H groups in total. The molecule has 4 rings (SSSR count). The van der Waals surface area contributed by atoms with Crippen molar-refractivity contribution in [2.75, 3.05) is 23.3 Å². The number of carbonyl (C=O) groups is 1. The van der Waals surface area contributed by atoms with Crippen molar-refractivity contribution in [3.8, 4) is 11.5 Å². The molecule has 0 fully saturated rings. The first-order valence-electron chi connectivity index (χ1n) is 8.90. The quantitative estimate of drug-likeness (QED) is 0.671. The number of sulfonamides is 1. The highest BCUT2D eigenvalue weighted by Gasteiger charge is 2.16. The Morgan fingerprint density at radius 1 is 0.793 bits per heavy atom. The summed E-state index contributed by atoms with van der Waals surface area (Å²) < 4.78 is 38.4. The van der Waals surface area contributed by atoms with Gasteiger partial charge in [0, 0.05) is 16.9 Å². The molecule has 0 radical (unpaired) electrons. The molecule has 0 bridgehead atoms. The van der Waals surface area contributed by atoms with Gasteiger partial charge >= 0.3 is 0 Å². The van der Waals surface area contributed by atoms with E-state index in [9.17, 15) is 13.2 Å². The Labute approximate surface area is 168 Å². The minimum Gasteiger partial charge on any atom is -0.486 e. The van der Waals surface area contributed by atoms with Gasteiger partial charge in [-0.25, -0.2) is 8.42 Å². The third-order valence-corrected chi connectivity index (χ3v) is 5.65. The summed E-state index contributed by atoms with van der Waals surface area (Å²) >= 11 is 0. The van der Waals surface area contributed by atoms with Crippen molar-refractivity contribution in [1.29, 1.82) is 0 Å². The third-order valence-electron chi connectivity index (χ3n) is 4.25. The predicted octanol–water partition coefficient (Wildman–Crippen LogP) is 3.51. The zero-order valence-corrected chi connectivity index (χ0v) is 16.1. The highest BCUT2D eigenvalue weighted by atomic mass is 32.2. The maximum absolute atomic E-state index is 12.5. The van der Waals surface area contributed by atoms with Crippen LogP contribution in [-0.4, -0.2) is 27.5 Å². The summed E-state index contributed by atoms with van der Waals surface area (Å²) in [5.41, 5.74) is 1.36. The minimum atomic E-state index is -3.71. The number of anilines is 2. The molecule has 0 saturated heterocycles. The van der Waals surface area contributed by atoms with E-state index < -0.39 is 10.0 Å². The summed E-state index contributed by atoms with van der Waals surface area (Å²) in [5, 5.41) is 2.74. The summed E-state index contributed by atoms with van der Waals surface area (Å²) in [7, 11) is -3.71. The highest BCUT2D eigenvalue weighted by molar-refractivity contribution is 7.92. The largest absolute Gasteiger partial charge is 0.486 e. The van der Waals surface area contributed by atoms with Gasteiger partial charge in [-0.15, -0.1) is 0 Å². The summed E-state index contributed by atoms with van der Waals surface area (Å²) in [6, 6.07) is 19.5. The van der Waals surface area contributed by atoms with E-state index in [-0.39, 0.29) is 10.8 Å². The molecule has 7 nitrogen and oxygen atoms in total. The number of benzene rings is 3. The van der Waals surface area contributed by atoms with Gasteiger partial charge < -0.3 is 14.8 Å². The molecule has 3 aromatic carbocycles. The predicted molar refractivity (Wildman–Crippen MR) is 109 cm³/mol. The first-order chi connectivity index (χ1) is 14.0. The molecule has 1 aliphatic heterocycles. The van der Waals surface area contributed by atoms with Crippen LogP contribution in [0.15, 0.2) is 77.7 Å². The van der Waals surface area contributed by atoms with Crippen LogP contribution in [0.2, 0.25) is 0 Å². The lowest BCUT2D eigenvalue weighted by atomic mass is 10.1. The molecule has 8 heteroatoms. The van der Waals surface area contributed by atoms with Gasteiger partial charge in [0.1, 0.15) is 13.2 Å². The van der Waals surface area contributed by atoms with Gasteiger partial charge in [0.15, 0.2) is 11.5 Å². The second-order valence-electron chi connectivity index (χ2n) is 6.31. The zero-order valence-electron chi connectivity index (χ0n) is 15.3. The lowest BCUT2D eigenvalue weighted by molar-refractivity contribution is 0.102. The van der Waals surface area contributed by atoms with Gasteiger partial charge in [0.25, 0.3) is 15.9 Å². The van der Waals surface area contributed by atoms with Gasteiger partial charge in [-0.1, -0.05) is 18.2 Å². The second-order valence-corrected chi connectivity index (χ2v) is 7.99. The normalized spacial score (nSPS) is 12.8. The molecule has 3 aromatic rings. The topological polar surface area (TPSA) is 93.7 Å². The van der Waals surface area contributed by atoms with Crippen LogP contribution in [0.3, 0.4) is 0 Å². The Kier molecular flexibility index (Phi) is 5.09. The Hall–Kier alpha value is -3.52. The van der Waals surface area contributed by atoms with E-state index in [1.165, 1.54) is 24.3 Å². The lowest BCUT2D eigenvalue weighted by Crippen LogP contribution is -2.17. The number of hydrogen-bond acceptors (Lipinski definition) is 5. The van der Waals surface area contributed by atoms with Crippen molar-refractivity contribution in [2.45, 2.75) is 4.90 Å². The number of amides is 1. The van der Waals surface area contributed by atoms with Crippen molar-refractivity contribution in [3.63, 3.8) is 0 Å². The second kappa shape index (κ2) is 7.84. The molecule has 0 spiro atoms. The third kappa shape index (κ3) is 4.33. The first kappa shape index (κ1) is 18.8. The lowest BCUT2D eigenvalue weighted by Gasteiger charge is -2.18. The highest BCUT2D eigenvalue weighted by Crippen LogP contribution is 2.31. The Morgan fingerprint density at radius 2 is 1.48 bits per heavy atom. The molecule has 1 amide bonds. The van der Waals surface area contributed by atoms with Crippen LogP contribution in [-0.2, 0) is 10.0 Å². The van der Waals surface area contributed by atoms with Crippen LogP contribution in [0.4, 0.5) is 11.4 Å². The standard InChI is InChI=1S/C21H18N2O5S/c24-21(15-6-11-19-20(14-15)28-13-12-27-19)22-16-7-9-18(10-8-16)29(25,26)23-17-4-2-1-3-5-17/h1-11,14,23H,12-13H2,(H,22,24). The minimum absolute atomic E-state index is 0.0960. The Bertz CT molecular complexity index is 1130. The maximum Gasteiger partial charge on any atom is 0.261 e. The van der Waals surface area contributed by atoms with Gasteiger partial charge in [0.2, 0.25) is 0 Å². The number of rotatable bonds is 5. The fourth-order valence-corrected chi connectivity index (χ4v) is 3.88. The van der Waals surface area contributed by atoms with Gasteiger partial charge in [-0.05, 0) is 54.6 Å². The fourth-order valence-electron chi connectivity index (χ4n) is 2.83. The molecular formula is C21H18N2O5S. The van der Waals surface area contributed by atoms with Crippen molar-refractivity contribution < 1.29 is 22.7 Å². The van der Waals surface area contributed by atoms with E-state index in [0.717, 1.165) is 0 Å². The molecule has 0 saturated carbocycles. The number of fused-ring (bicyclic) bond motifs is 1. The van der Waals surface area contributed by atoms with E-state index >= 15 is 0 Å². The Balaban J connectivity index is 1.46. The molecular weight excluding hydrogens is 392 g/mol. The SMILES string of the molecule is O=C(Nc1ccc(S(=O)(=O)Nc2ccccc2)cc1)c1ccc2c(c1)OCCO2. The van der Waals surface area contributed by atoms with Gasteiger partial charge in [-0.3, -0.25) is 9.52 Å². The number of ether oxygens (including phenoxy) is 2. The molecule has 0 atom stereocenters. The molecule has 1 heterocycles. The summed E-state index contributed by atoms with van der Waals surface area (Å²) in [5.74, 6) is 0.797. The maximum atomic E-state index is 12.5. The van der Waals surface area contributed by atoms with Crippen LogP contribution < -0.4 is 19.5 Å². The Morgan fingerprint density at radius 3 is 2.21 bits per heavy atom. The average Bonchev–Trinajstić information content (AvgIpc) is 2.74. The molecule has 0 aromatic heterocycles. The van der Waals surface area contributed by atoms with E-state index in [4.69, 9.17) is 9.47 Å². The van der Waals surface area contributed by atoms with Crippen molar-refractivity contribution in [1.82, 2.24) is 0 Å². The molecule has 0 unspecified atom stereocenters. The number of para-hydroxylation sites is 1. The smallest absolute Gasteiger partial charge is 0.261 e. The van der Waals surface area contributed by atoms with Crippen LogP contribution in [0, 0.1) is 0 Å². The van der Waals surface area contributed by atoms with Crippen molar-refractivity contribution >= 4 is 27.3 Å². The zero-order chi connectivity index (χ0) is 20.3. The number of nitrogens with one attached hydrogen (secondary N) is 2. The van der Waals surface area contributed by atoms with Crippen LogP contribution >= 0.6 is 0 Å². The van der Waals surface area contributed by atoms with E-state index in [1.54, 1.807) is 48.5 Å². The van der Waals surface area contributed by atoms with Crippen LogP contribution in [0.1, 0.15) is 10.4 Å². The fraction of sp³-hybridized carbons (Fsp3) is 0.0952. The molecule has 29 heavy (non-hydrogen) atoms. The van der Waals surface area contributed by atoms with E-state index in [0.29, 0.717) is 41.7 Å². The van der Waals surface area contributed by atoms with Gasteiger partial charge in [0.05, 0.1) is 4.90 Å². The monoisotopic (exact) mass is 410 g/mol. The van der Waals surface area contributed by atoms with E-state index in [2.05, 4.69) is 10.0 Å². The molecule has 1 aliphatic rings. The number of hydrogen-bond donors (Lipinski definition) is 2.